The van der Waals surface area contributed by atoms with Gasteiger partial charge >= 0.3 is 0 Å². The second-order valence-electron chi connectivity index (χ2n) is 4.21. The van der Waals surface area contributed by atoms with Crippen molar-refractivity contribution in [2.45, 2.75) is 32.0 Å². The number of aryl methyl sites for hydroxylation is 1. The predicted octanol–water partition coefficient (Wildman–Crippen LogP) is 1.67. The van der Waals surface area contributed by atoms with Crippen molar-refractivity contribution in [3.05, 3.63) is 12.4 Å². The summed E-state index contributed by atoms with van der Waals surface area (Å²) in [6, 6.07) is 0.217. The number of amides is 1. The number of carbonyl (C=O) groups excluding carboxylic acids is 1. The number of hydrogen-bond donors (Lipinski definition) is 1. The molecule has 4 nitrogen and oxygen atoms in total. The van der Waals surface area contributed by atoms with E-state index in [1.807, 2.05) is 24.7 Å². The van der Waals surface area contributed by atoms with Crippen molar-refractivity contribution in [3.8, 4) is 0 Å². The van der Waals surface area contributed by atoms with Gasteiger partial charge in [-0.2, -0.15) is 0 Å². The van der Waals surface area contributed by atoms with E-state index in [1.165, 1.54) is 11.8 Å². The van der Waals surface area contributed by atoms with Crippen LogP contribution in [0, 0.1) is 5.92 Å². The Bertz CT molecular complexity index is 349. The summed E-state index contributed by atoms with van der Waals surface area (Å²) >= 11 is 1.46. The van der Waals surface area contributed by atoms with Crippen LogP contribution in [0.15, 0.2) is 17.6 Å². The Hall–Kier alpha value is -0.970. The average molecular weight is 241 g/mol. The van der Waals surface area contributed by atoms with E-state index >= 15 is 0 Å². The zero-order chi connectivity index (χ0) is 12.1. The predicted molar refractivity (Wildman–Crippen MR) is 66.4 cm³/mol. The van der Waals surface area contributed by atoms with E-state index < -0.39 is 0 Å². The third-order valence-electron chi connectivity index (χ3n) is 2.50. The molecule has 5 heteroatoms. The van der Waals surface area contributed by atoms with Gasteiger partial charge in [0.25, 0.3) is 0 Å². The smallest absolute Gasteiger partial charge is 0.230 e. The highest BCUT2D eigenvalue weighted by molar-refractivity contribution is 7.99. The molecule has 1 aromatic rings. The fraction of sp³-hybridized carbons (Fsp3) is 0.636. The molecule has 0 aliphatic rings. The number of thioether (sulfide) groups is 1. The number of nitrogens with one attached hydrogen (secondary N) is 1. The van der Waals surface area contributed by atoms with Crippen molar-refractivity contribution >= 4 is 17.7 Å². The van der Waals surface area contributed by atoms with Gasteiger partial charge in [-0.1, -0.05) is 25.6 Å². The second-order valence-corrected chi connectivity index (χ2v) is 5.15. The van der Waals surface area contributed by atoms with Crippen LogP contribution in [-0.2, 0) is 11.8 Å². The van der Waals surface area contributed by atoms with E-state index in [-0.39, 0.29) is 11.9 Å². The Kier molecular flexibility index (Phi) is 4.86. The SMILES string of the molecule is CC(C)[C@@H](C)NC(=O)CSc1nccn1C. The Morgan fingerprint density at radius 1 is 1.56 bits per heavy atom. The summed E-state index contributed by atoms with van der Waals surface area (Å²) in [5.74, 6) is 0.943. The molecule has 16 heavy (non-hydrogen) atoms. The van der Waals surface area contributed by atoms with Gasteiger partial charge in [0.2, 0.25) is 5.91 Å². The molecule has 1 rings (SSSR count). The van der Waals surface area contributed by atoms with Gasteiger partial charge in [-0.15, -0.1) is 0 Å². The van der Waals surface area contributed by atoms with Crippen molar-refractivity contribution in [2.75, 3.05) is 5.75 Å². The van der Waals surface area contributed by atoms with Gasteiger partial charge in [0.1, 0.15) is 0 Å². The summed E-state index contributed by atoms with van der Waals surface area (Å²) in [5, 5.41) is 3.83. The van der Waals surface area contributed by atoms with Crippen molar-refractivity contribution in [1.29, 1.82) is 0 Å². The molecule has 0 fully saturated rings. The molecule has 0 saturated heterocycles. The minimum Gasteiger partial charge on any atom is -0.353 e. The molecule has 0 bridgehead atoms. The molecule has 0 spiro atoms. The van der Waals surface area contributed by atoms with Crippen LogP contribution >= 0.6 is 11.8 Å². The Morgan fingerprint density at radius 3 is 2.75 bits per heavy atom. The lowest BCUT2D eigenvalue weighted by Crippen LogP contribution is -2.37. The molecule has 0 aromatic carbocycles. The number of hydrogen-bond acceptors (Lipinski definition) is 3. The molecule has 0 unspecified atom stereocenters. The van der Waals surface area contributed by atoms with Crippen LogP contribution in [0.5, 0.6) is 0 Å². The maximum atomic E-state index is 11.6. The normalized spacial score (nSPS) is 12.8. The summed E-state index contributed by atoms with van der Waals surface area (Å²) in [7, 11) is 1.92. The fourth-order valence-corrected chi connectivity index (χ4v) is 1.83. The third kappa shape index (κ3) is 3.89. The van der Waals surface area contributed by atoms with Crippen molar-refractivity contribution in [2.24, 2.45) is 13.0 Å². The second kappa shape index (κ2) is 5.94. The Labute approximate surface area is 101 Å². The first-order chi connectivity index (χ1) is 7.50. The molecule has 0 radical (unpaired) electrons. The molecule has 1 N–H and O–H groups in total. The maximum Gasteiger partial charge on any atom is 0.230 e. The number of rotatable bonds is 5. The summed E-state index contributed by atoms with van der Waals surface area (Å²) in [6.45, 7) is 6.21. The highest BCUT2D eigenvalue weighted by atomic mass is 32.2. The minimum atomic E-state index is 0.0641. The lowest BCUT2D eigenvalue weighted by Gasteiger charge is -2.17. The molecule has 1 atom stereocenters. The molecule has 0 saturated carbocycles. The Balaban J connectivity index is 2.33. The number of nitrogens with zero attached hydrogens (tertiary/aromatic N) is 2. The number of aromatic nitrogens is 2. The van der Waals surface area contributed by atoms with Crippen LogP contribution in [0.1, 0.15) is 20.8 Å². The third-order valence-corrected chi connectivity index (χ3v) is 3.56. The van der Waals surface area contributed by atoms with Gasteiger partial charge in [0, 0.05) is 25.5 Å². The van der Waals surface area contributed by atoms with Crippen LogP contribution in [0.2, 0.25) is 0 Å². The summed E-state index contributed by atoms with van der Waals surface area (Å²) in [5.41, 5.74) is 0. The summed E-state index contributed by atoms with van der Waals surface area (Å²) < 4.78 is 1.91. The van der Waals surface area contributed by atoms with Crippen molar-refractivity contribution < 1.29 is 4.79 Å². The van der Waals surface area contributed by atoms with Gasteiger partial charge in [-0.3, -0.25) is 4.79 Å². The van der Waals surface area contributed by atoms with Gasteiger partial charge in [0.05, 0.1) is 5.75 Å². The topological polar surface area (TPSA) is 46.9 Å². The molecule has 0 aliphatic carbocycles. The molecule has 1 heterocycles. The summed E-state index contributed by atoms with van der Waals surface area (Å²) in [4.78, 5) is 15.7. The van der Waals surface area contributed by atoms with E-state index in [9.17, 15) is 4.79 Å². The van der Waals surface area contributed by atoms with Gasteiger partial charge in [0.15, 0.2) is 5.16 Å². The molecule has 1 amide bonds. The maximum absolute atomic E-state index is 11.6. The highest BCUT2D eigenvalue weighted by Gasteiger charge is 2.11. The van der Waals surface area contributed by atoms with E-state index in [2.05, 4.69) is 24.1 Å². The van der Waals surface area contributed by atoms with Gasteiger partial charge in [-0.05, 0) is 12.8 Å². The van der Waals surface area contributed by atoms with E-state index in [0.29, 0.717) is 11.7 Å². The molecule has 0 aliphatic heterocycles. The zero-order valence-electron chi connectivity index (χ0n) is 10.2. The van der Waals surface area contributed by atoms with Crippen molar-refractivity contribution in [3.63, 3.8) is 0 Å². The number of imidazole rings is 1. The molecule has 90 valence electrons. The highest BCUT2D eigenvalue weighted by Crippen LogP contribution is 2.13. The van der Waals surface area contributed by atoms with Crippen molar-refractivity contribution in [1.82, 2.24) is 14.9 Å². The average Bonchev–Trinajstić information content (AvgIpc) is 2.61. The molecule has 1 aromatic heterocycles. The number of carbonyl (C=O) groups is 1. The standard InChI is InChI=1S/C11H19N3OS/c1-8(2)9(3)13-10(15)7-16-11-12-5-6-14(11)4/h5-6,8-9H,7H2,1-4H3,(H,13,15)/t9-/m1/s1. The van der Waals surface area contributed by atoms with Crippen LogP contribution in [0.4, 0.5) is 0 Å². The molecular weight excluding hydrogens is 222 g/mol. The minimum absolute atomic E-state index is 0.0641. The van der Waals surface area contributed by atoms with Gasteiger partial charge < -0.3 is 9.88 Å². The zero-order valence-corrected chi connectivity index (χ0v) is 11.0. The Morgan fingerprint density at radius 2 is 2.25 bits per heavy atom. The largest absolute Gasteiger partial charge is 0.353 e. The first-order valence-corrected chi connectivity index (χ1v) is 6.38. The lowest BCUT2D eigenvalue weighted by molar-refractivity contribution is -0.119. The van der Waals surface area contributed by atoms with Crippen LogP contribution in [-0.4, -0.2) is 27.3 Å². The first-order valence-electron chi connectivity index (χ1n) is 5.40. The van der Waals surface area contributed by atoms with E-state index in [0.717, 1.165) is 5.16 Å². The van der Waals surface area contributed by atoms with Gasteiger partial charge in [-0.25, -0.2) is 4.98 Å². The first kappa shape index (κ1) is 13.1. The van der Waals surface area contributed by atoms with E-state index in [1.54, 1.807) is 6.20 Å². The summed E-state index contributed by atoms with van der Waals surface area (Å²) in [6.07, 6.45) is 3.61. The lowest BCUT2D eigenvalue weighted by atomic mass is 10.1. The van der Waals surface area contributed by atoms with Crippen LogP contribution in [0.25, 0.3) is 0 Å². The quantitative estimate of drug-likeness (QED) is 0.798. The fourth-order valence-electron chi connectivity index (χ4n) is 1.08. The molecular formula is C11H19N3OS. The van der Waals surface area contributed by atoms with Crippen LogP contribution in [0.3, 0.4) is 0 Å². The monoisotopic (exact) mass is 241 g/mol. The van der Waals surface area contributed by atoms with Crippen LogP contribution < -0.4 is 5.32 Å². The van der Waals surface area contributed by atoms with E-state index in [4.69, 9.17) is 0 Å².